The fraction of sp³-hybridized carbons (Fsp3) is 0.267. The number of aliphatic imine (C=N–C) groups is 1. The van der Waals surface area contributed by atoms with Crippen molar-refractivity contribution in [2.24, 2.45) is 15.8 Å². The van der Waals surface area contributed by atoms with Crippen molar-refractivity contribution in [2.75, 3.05) is 6.54 Å². The number of nitrogens with zero attached hydrogens (tertiary/aromatic N) is 3. The summed E-state index contributed by atoms with van der Waals surface area (Å²) in [5.74, 6) is 0.409. The number of primary amides is 1. The van der Waals surface area contributed by atoms with Crippen molar-refractivity contribution in [3.8, 4) is 0 Å². The Balaban J connectivity index is 2.01. The molecule has 0 bridgehead atoms. The van der Waals surface area contributed by atoms with Gasteiger partial charge >= 0.3 is 0 Å². The van der Waals surface area contributed by atoms with E-state index in [0.29, 0.717) is 6.54 Å². The molecular formula is C15H16N4O. The normalized spacial score (nSPS) is 23.1. The third-order valence-corrected chi connectivity index (χ3v) is 3.99. The molecule has 2 atom stereocenters. The second kappa shape index (κ2) is 4.59. The van der Waals surface area contributed by atoms with Crippen molar-refractivity contribution < 1.29 is 4.79 Å². The number of fused-ring (bicyclic) bond motifs is 1. The van der Waals surface area contributed by atoms with Gasteiger partial charge in [0.25, 0.3) is 0 Å². The Morgan fingerprint density at radius 1 is 1.40 bits per heavy atom. The SMILES string of the molecule is CC(C(N)=O)(c1ccccc1)C1CN2N=CC=CC2=N1. The van der Waals surface area contributed by atoms with Gasteiger partial charge in [0, 0.05) is 6.21 Å². The average Bonchev–Trinajstić information content (AvgIpc) is 2.91. The molecule has 3 rings (SSSR count). The van der Waals surface area contributed by atoms with Gasteiger partial charge in [-0.25, -0.2) is 5.01 Å². The Hall–Kier alpha value is -2.43. The minimum absolute atomic E-state index is 0.239. The molecule has 2 aliphatic rings. The summed E-state index contributed by atoms with van der Waals surface area (Å²) in [6.07, 6.45) is 5.44. The van der Waals surface area contributed by atoms with E-state index in [1.807, 2.05) is 49.4 Å². The van der Waals surface area contributed by atoms with E-state index in [9.17, 15) is 4.79 Å². The number of nitrogens with two attached hydrogens (primary N) is 1. The maximum Gasteiger partial charge on any atom is 0.230 e. The van der Waals surface area contributed by atoms with E-state index in [1.165, 1.54) is 0 Å². The highest BCUT2D eigenvalue weighted by atomic mass is 16.1. The third kappa shape index (κ3) is 1.82. The van der Waals surface area contributed by atoms with Gasteiger partial charge in [-0.3, -0.25) is 9.79 Å². The van der Waals surface area contributed by atoms with Crippen LogP contribution in [0.5, 0.6) is 0 Å². The first-order chi connectivity index (χ1) is 9.62. The van der Waals surface area contributed by atoms with Gasteiger partial charge in [-0.1, -0.05) is 30.3 Å². The highest BCUT2D eigenvalue weighted by molar-refractivity contribution is 6.00. The lowest BCUT2D eigenvalue weighted by atomic mass is 9.75. The maximum atomic E-state index is 12.1. The van der Waals surface area contributed by atoms with Gasteiger partial charge in [-0.2, -0.15) is 5.10 Å². The lowest BCUT2D eigenvalue weighted by Crippen LogP contribution is -2.49. The molecule has 1 aromatic rings. The minimum Gasteiger partial charge on any atom is -0.369 e. The Labute approximate surface area is 117 Å². The maximum absolute atomic E-state index is 12.1. The van der Waals surface area contributed by atoms with Gasteiger partial charge in [0.1, 0.15) is 5.84 Å². The summed E-state index contributed by atoms with van der Waals surface area (Å²) in [6.45, 7) is 2.41. The van der Waals surface area contributed by atoms with Crippen molar-refractivity contribution in [3.05, 3.63) is 48.0 Å². The van der Waals surface area contributed by atoms with E-state index in [-0.39, 0.29) is 11.9 Å². The number of rotatable bonds is 3. The Morgan fingerprint density at radius 3 is 2.80 bits per heavy atom. The number of carbonyl (C=O) groups excluding carboxylic acids is 1. The zero-order chi connectivity index (χ0) is 14.2. The first kappa shape index (κ1) is 12.6. The molecule has 1 amide bonds. The van der Waals surface area contributed by atoms with Crippen LogP contribution in [0.4, 0.5) is 0 Å². The smallest absolute Gasteiger partial charge is 0.230 e. The number of allylic oxidation sites excluding steroid dienone is 1. The first-order valence-electron chi connectivity index (χ1n) is 6.54. The van der Waals surface area contributed by atoms with Crippen LogP contribution in [0.15, 0.2) is 52.6 Å². The number of hydrogen-bond donors (Lipinski definition) is 1. The summed E-state index contributed by atoms with van der Waals surface area (Å²) < 4.78 is 0. The zero-order valence-electron chi connectivity index (χ0n) is 11.2. The Bertz CT molecular complexity index is 620. The summed E-state index contributed by atoms with van der Waals surface area (Å²) in [5, 5.41) is 6.05. The molecule has 5 heteroatoms. The van der Waals surface area contributed by atoms with Gasteiger partial charge in [-0.05, 0) is 24.6 Å². The molecule has 1 aromatic carbocycles. The molecule has 0 saturated carbocycles. The van der Waals surface area contributed by atoms with Crippen LogP contribution in [0.2, 0.25) is 0 Å². The summed E-state index contributed by atoms with van der Waals surface area (Å²) in [6, 6.07) is 9.33. The van der Waals surface area contributed by atoms with Gasteiger partial charge in [0.05, 0.1) is 18.0 Å². The predicted molar refractivity (Wildman–Crippen MR) is 78.5 cm³/mol. The molecule has 0 fully saturated rings. The summed E-state index contributed by atoms with van der Waals surface area (Å²) in [4.78, 5) is 16.7. The van der Waals surface area contributed by atoms with Crippen LogP contribution in [-0.4, -0.2) is 35.6 Å². The van der Waals surface area contributed by atoms with E-state index >= 15 is 0 Å². The van der Waals surface area contributed by atoms with Crippen molar-refractivity contribution in [2.45, 2.75) is 18.4 Å². The van der Waals surface area contributed by atoms with Crippen LogP contribution in [0.3, 0.4) is 0 Å². The molecule has 2 N–H and O–H groups in total. The molecule has 2 heterocycles. The molecule has 20 heavy (non-hydrogen) atoms. The van der Waals surface area contributed by atoms with Gasteiger partial charge in [-0.15, -0.1) is 0 Å². The monoisotopic (exact) mass is 268 g/mol. The molecule has 102 valence electrons. The van der Waals surface area contributed by atoms with E-state index in [0.717, 1.165) is 11.4 Å². The molecule has 0 spiro atoms. The standard InChI is InChI=1S/C15H16N4O/c1-15(14(16)20,11-6-3-2-4-7-11)12-10-19-13(18-12)8-5-9-17-19/h2-9,12H,10H2,1H3,(H2,16,20). The van der Waals surface area contributed by atoms with Crippen LogP contribution in [-0.2, 0) is 10.2 Å². The molecule has 2 unspecified atom stereocenters. The lowest BCUT2D eigenvalue weighted by molar-refractivity contribution is -0.123. The number of hydrazone groups is 1. The molecule has 5 nitrogen and oxygen atoms in total. The Morgan fingerprint density at radius 2 is 2.15 bits per heavy atom. The highest BCUT2D eigenvalue weighted by Gasteiger charge is 2.45. The van der Waals surface area contributed by atoms with Gasteiger partial charge in [0.2, 0.25) is 5.91 Å². The van der Waals surface area contributed by atoms with Crippen LogP contribution in [0, 0.1) is 0 Å². The quantitative estimate of drug-likeness (QED) is 0.890. The van der Waals surface area contributed by atoms with Crippen LogP contribution in [0.1, 0.15) is 12.5 Å². The highest BCUT2D eigenvalue weighted by Crippen LogP contribution is 2.33. The van der Waals surface area contributed by atoms with E-state index in [2.05, 4.69) is 10.1 Å². The number of benzene rings is 1. The fourth-order valence-electron chi connectivity index (χ4n) is 2.60. The van der Waals surface area contributed by atoms with Crippen molar-refractivity contribution in [1.29, 1.82) is 0 Å². The van der Waals surface area contributed by atoms with Crippen molar-refractivity contribution in [3.63, 3.8) is 0 Å². The molecule has 0 radical (unpaired) electrons. The topological polar surface area (TPSA) is 71.1 Å². The minimum atomic E-state index is -0.838. The molecule has 0 saturated heterocycles. The third-order valence-electron chi connectivity index (χ3n) is 3.99. The summed E-state index contributed by atoms with van der Waals surface area (Å²) >= 11 is 0. The summed E-state index contributed by atoms with van der Waals surface area (Å²) in [7, 11) is 0. The van der Waals surface area contributed by atoms with E-state index < -0.39 is 5.41 Å². The number of hydrogen-bond acceptors (Lipinski definition) is 4. The molecule has 2 aliphatic heterocycles. The zero-order valence-corrected chi connectivity index (χ0v) is 11.2. The molecule has 0 aliphatic carbocycles. The Kier molecular flexibility index (Phi) is 2.89. The number of carbonyl (C=O) groups is 1. The first-order valence-corrected chi connectivity index (χ1v) is 6.54. The van der Waals surface area contributed by atoms with Crippen LogP contribution in [0.25, 0.3) is 0 Å². The molecule has 0 aromatic heterocycles. The van der Waals surface area contributed by atoms with Crippen molar-refractivity contribution in [1.82, 2.24) is 5.01 Å². The van der Waals surface area contributed by atoms with E-state index in [1.54, 1.807) is 11.2 Å². The average molecular weight is 268 g/mol. The van der Waals surface area contributed by atoms with Gasteiger partial charge < -0.3 is 5.73 Å². The predicted octanol–water partition coefficient (Wildman–Crippen LogP) is 1.07. The van der Waals surface area contributed by atoms with Crippen LogP contribution >= 0.6 is 0 Å². The van der Waals surface area contributed by atoms with E-state index in [4.69, 9.17) is 5.73 Å². The van der Waals surface area contributed by atoms with Crippen molar-refractivity contribution >= 4 is 18.0 Å². The number of amides is 1. The largest absolute Gasteiger partial charge is 0.369 e. The van der Waals surface area contributed by atoms with Crippen LogP contribution < -0.4 is 5.73 Å². The lowest BCUT2D eigenvalue weighted by Gasteiger charge is -2.31. The van der Waals surface area contributed by atoms with Gasteiger partial charge in [0.15, 0.2) is 0 Å². The summed E-state index contributed by atoms with van der Waals surface area (Å²) in [5.41, 5.74) is 5.73. The second-order valence-electron chi connectivity index (χ2n) is 5.14. The number of amidine groups is 1. The fourth-order valence-corrected chi connectivity index (χ4v) is 2.60. The second-order valence-corrected chi connectivity index (χ2v) is 5.14. The molecular weight excluding hydrogens is 252 g/mol.